The Hall–Kier alpha value is -5.31. The van der Waals surface area contributed by atoms with E-state index < -0.39 is 6.29 Å². The number of ether oxygens (including phenoxy) is 2. The molecule has 1 aliphatic heterocycles. The summed E-state index contributed by atoms with van der Waals surface area (Å²) >= 11 is 0. The maximum Gasteiger partial charge on any atom is 0.315 e. The third kappa shape index (κ3) is 9.20. The van der Waals surface area contributed by atoms with Gasteiger partial charge in [0.15, 0.2) is 6.29 Å². The smallest absolute Gasteiger partial charge is 0.315 e. The Bertz CT molecular complexity index is 2100. The summed E-state index contributed by atoms with van der Waals surface area (Å²) < 4.78 is 13.4. The number of aliphatic hydroxyl groups is 1. The fraction of sp³-hybridized carbons (Fsp3) is 0.239. The van der Waals surface area contributed by atoms with E-state index in [-0.39, 0.29) is 30.9 Å². The minimum atomic E-state index is -0.542. The van der Waals surface area contributed by atoms with Gasteiger partial charge in [0, 0.05) is 37.7 Å². The third-order valence-electron chi connectivity index (χ3n) is 10.2. The van der Waals surface area contributed by atoms with E-state index in [0.717, 1.165) is 45.5 Å². The van der Waals surface area contributed by atoms with Gasteiger partial charge in [0.2, 0.25) is 0 Å². The summed E-state index contributed by atoms with van der Waals surface area (Å²) in [6, 6.07) is 49.6. The minimum absolute atomic E-state index is 0.00742. The highest BCUT2D eigenvalue weighted by atomic mass is 16.7. The predicted octanol–water partition coefficient (Wildman–Crippen LogP) is 9.24. The highest BCUT2D eigenvalue weighted by Crippen LogP contribution is 2.39. The number of carbonyl (C=O) groups excluding carboxylic acids is 1. The van der Waals surface area contributed by atoms with Gasteiger partial charge in [-0.2, -0.15) is 0 Å². The van der Waals surface area contributed by atoms with Crippen molar-refractivity contribution in [2.75, 3.05) is 13.6 Å². The molecule has 270 valence electrons. The van der Waals surface area contributed by atoms with E-state index in [1.807, 2.05) is 54.6 Å². The second-order valence-corrected chi connectivity index (χ2v) is 13.9. The number of nitrogens with zero attached hydrogens (tertiary/aromatic N) is 1. The van der Waals surface area contributed by atoms with Crippen molar-refractivity contribution in [2.24, 2.45) is 0 Å². The van der Waals surface area contributed by atoms with Gasteiger partial charge in [-0.1, -0.05) is 133 Å². The van der Waals surface area contributed by atoms with Crippen LogP contribution in [0.3, 0.4) is 0 Å². The average molecular weight is 706 g/mol. The molecule has 2 amide bonds. The molecule has 0 radical (unpaired) electrons. The lowest BCUT2D eigenvalue weighted by Gasteiger charge is -2.39. The first-order chi connectivity index (χ1) is 25.9. The predicted molar refractivity (Wildman–Crippen MR) is 211 cm³/mol. The van der Waals surface area contributed by atoms with Gasteiger partial charge in [-0.3, -0.25) is 4.90 Å². The molecule has 1 heterocycles. The van der Waals surface area contributed by atoms with Crippen LogP contribution in [0.1, 0.15) is 65.2 Å². The van der Waals surface area contributed by atoms with E-state index in [0.29, 0.717) is 19.5 Å². The summed E-state index contributed by atoms with van der Waals surface area (Å²) in [6.45, 7) is 3.89. The fourth-order valence-corrected chi connectivity index (χ4v) is 6.95. The monoisotopic (exact) mass is 705 g/mol. The first-order valence-electron chi connectivity index (χ1n) is 18.4. The van der Waals surface area contributed by atoms with Crippen LogP contribution in [0.25, 0.3) is 21.9 Å². The average Bonchev–Trinajstić information content (AvgIpc) is 3.22. The Labute approximate surface area is 312 Å². The van der Waals surface area contributed by atoms with Crippen LogP contribution in [0.2, 0.25) is 0 Å². The van der Waals surface area contributed by atoms with Crippen LogP contribution < -0.4 is 10.6 Å². The normalized spacial score (nSPS) is 17.8. The Balaban J connectivity index is 1.03. The van der Waals surface area contributed by atoms with Crippen LogP contribution in [0.4, 0.5) is 4.79 Å². The van der Waals surface area contributed by atoms with Crippen LogP contribution in [-0.4, -0.2) is 35.7 Å². The molecule has 0 aromatic heterocycles. The number of amides is 2. The minimum Gasteiger partial charge on any atom is -0.392 e. The summed E-state index contributed by atoms with van der Waals surface area (Å²) in [4.78, 5) is 14.8. The van der Waals surface area contributed by atoms with Gasteiger partial charge in [0.1, 0.15) is 0 Å². The van der Waals surface area contributed by atoms with Gasteiger partial charge in [0.05, 0.1) is 18.8 Å². The molecule has 0 bridgehead atoms. The molecular weight excluding hydrogens is 659 g/mol. The number of rotatable bonds is 12. The van der Waals surface area contributed by atoms with Crippen molar-refractivity contribution in [2.45, 2.75) is 57.6 Å². The van der Waals surface area contributed by atoms with Gasteiger partial charge >= 0.3 is 6.03 Å². The van der Waals surface area contributed by atoms with Crippen LogP contribution >= 0.6 is 0 Å². The molecule has 1 fully saturated rings. The number of urea groups is 1. The lowest BCUT2D eigenvalue weighted by molar-refractivity contribution is -0.253. The highest BCUT2D eigenvalue weighted by molar-refractivity contribution is 5.83. The topological polar surface area (TPSA) is 83.1 Å². The lowest BCUT2D eigenvalue weighted by Crippen LogP contribution is -2.38. The van der Waals surface area contributed by atoms with Crippen LogP contribution in [0.15, 0.2) is 146 Å². The molecule has 0 spiro atoms. The molecule has 0 aliphatic carbocycles. The molecular formula is C46H47N3O4. The molecule has 7 nitrogen and oxygen atoms in total. The largest absolute Gasteiger partial charge is 0.392 e. The Kier molecular flexibility index (Phi) is 11.6. The van der Waals surface area contributed by atoms with E-state index in [2.05, 4.69) is 121 Å². The van der Waals surface area contributed by atoms with Crippen molar-refractivity contribution in [3.05, 3.63) is 179 Å². The quantitative estimate of drug-likeness (QED) is 0.118. The van der Waals surface area contributed by atoms with E-state index in [4.69, 9.17) is 9.47 Å². The first-order valence-corrected chi connectivity index (χ1v) is 18.4. The molecule has 0 unspecified atom stereocenters. The lowest BCUT2D eigenvalue weighted by atomic mass is 9.98. The van der Waals surface area contributed by atoms with Crippen molar-refractivity contribution < 1.29 is 19.4 Å². The number of fused-ring (bicyclic) bond motifs is 1. The second-order valence-electron chi connectivity index (χ2n) is 13.9. The zero-order valence-corrected chi connectivity index (χ0v) is 30.3. The fourth-order valence-electron chi connectivity index (χ4n) is 6.95. The maximum atomic E-state index is 12.4. The zero-order valence-electron chi connectivity index (χ0n) is 30.3. The number of hydrogen-bond acceptors (Lipinski definition) is 5. The molecule has 7 heteroatoms. The van der Waals surface area contributed by atoms with Gasteiger partial charge in [-0.05, 0) is 75.8 Å². The van der Waals surface area contributed by atoms with E-state index in [1.54, 1.807) is 0 Å². The molecule has 6 aromatic rings. The molecule has 3 N–H and O–H groups in total. The summed E-state index contributed by atoms with van der Waals surface area (Å²) in [5, 5.41) is 18.0. The maximum absolute atomic E-state index is 12.4. The van der Waals surface area contributed by atoms with Gasteiger partial charge in [-0.15, -0.1) is 0 Å². The number of likely N-dealkylation sites (N-methyl/N-ethyl adjacent to an activating group) is 1. The Morgan fingerprint density at radius 3 is 2.13 bits per heavy atom. The van der Waals surface area contributed by atoms with Crippen molar-refractivity contribution in [1.82, 2.24) is 15.5 Å². The number of benzene rings is 6. The van der Waals surface area contributed by atoms with Crippen molar-refractivity contribution in [3.8, 4) is 11.1 Å². The van der Waals surface area contributed by atoms with E-state index in [9.17, 15) is 9.90 Å². The third-order valence-corrected chi connectivity index (χ3v) is 10.2. The molecule has 0 saturated carbocycles. The summed E-state index contributed by atoms with van der Waals surface area (Å²) in [5.41, 5.74) is 8.37. The number of hydrogen-bond donors (Lipinski definition) is 3. The van der Waals surface area contributed by atoms with Gasteiger partial charge in [-0.25, -0.2) is 4.79 Å². The number of carbonyl (C=O) groups is 1. The van der Waals surface area contributed by atoms with Crippen molar-refractivity contribution >= 4 is 16.8 Å². The van der Waals surface area contributed by atoms with Crippen molar-refractivity contribution in [3.63, 3.8) is 0 Å². The molecule has 53 heavy (non-hydrogen) atoms. The molecule has 1 saturated heterocycles. The second kappa shape index (κ2) is 17.0. The number of aliphatic hydroxyl groups excluding tert-OH is 1. The Morgan fingerprint density at radius 2 is 1.38 bits per heavy atom. The zero-order chi connectivity index (χ0) is 36.6. The summed E-state index contributed by atoms with van der Waals surface area (Å²) in [7, 11) is 2.16. The molecule has 7 rings (SSSR count). The number of nitrogens with one attached hydrogen (secondary N) is 2. The summed E-state index contributed by atoms with van der Waals surface area (Å²) in [5.74, 6) is 0. The SMILES string of the molecule is C[C@H](c1ccc2ccccc2c1)N(C)C[C@H]1C[C@@H](c2ccc(CO)cc2)O[C@@H](c2ccc(-c3cccc(CNC(=O)NCc4ccccc4)c3)cc2)O1. The summed E-state index contributed by atoms with van der Waals surface area (Å²) in [6.07, 6.45) is -0.0605. The van der Waals surface area contributed by atoms with Gasteiger partial charge < -0.3 is 25.2 Å². The molecule has 6 aromatic carbocycles. The van der Waals surface area contributed by atoms with E-state index >= 15 is 0 Å². The van der Waals surface area contributed by atoms with Gasteiger partial charge in [0.25, 0.3) is 0 Å². The highest BCUT2D eigenvalue weighted by Gasteiger charge is 2.33. The Morgan fingerprint density at radius 1 is 0.698 bits per heavy atom. The van der Waals surface area contributed by atoms with Crippen LogP contribution in [0, 0.1) is 0 Å². The van der Waals surface area contributed by atoms with Crippen molar-refractivity contribution in [1.29, 1.82) is 0 Å². The molecule has 1 aliphatic rings. The van der Waals surface area contributed by atoms with Crippen LogP contribution in [0.5, 0.6) is 0 Å². The molecule has 4 atom stereocenters. The standard InChI is InChI=1S/C46H47N3O4/c1-32(40-24-21-36-12-6-7-13-42(36)26-40)49(2)30-43-27-44(38-17-15-34(31-50)16-18-38)53-45(52-43)39-22-19-37(20-23-39)41-14-8-11-35(25-41)29-48-46(51)47-28-33-9-4-3-5-10-33/h3-26,32,43-45,50H,27-31H2,1-2H3,(H2,47,48,51)/t32-,43-,44+,45+/m1/s1. The first kappa shape index (κ1) is 36.1. The van der Waals surface area contributed by atoms with Crippen LogP contribution in [-0.2, 0) is 29.2 Å². The van der Waals surface area contributed by atoms with E-state index in [1.165, 1.54) is 16.3 Å².